The molecule has 2 unspecified atom stereocenters. The molecule has 0 bridgehead atoms. The first kappa shape index (κ1) is 16.5. The Balaban J connectivity index is 2.56. The van der Waals surface area contributed by atoms with E-state index in [1.54, 1.807) is 0 Å². The molecule has 19 heavy (non-hydrogen) atoms. The van der Waals surface area contributed by atoms with Gasteiger partial charge in [-0.2, -0.15) is 0 Å². The molecule has 1 fully saturated rings. The minimum atomic E-state index is -0.107. The standard InChI is InChI=1S/C16H32N2O/c1-5-7-16(8-10-17-11-9-16)15(19)18-14(4)12-13(3)6-2/h13-14,17H,5-12H2,1-4H3,(H,18,19). The molecule has 1 saturated heterocycles. The lowest BCUT2D eigenvalue weighted by Crippen LogP contribution is -2.50. The first-order valence-electron chi connectivity index (χ1n) is 8.05. The third-order valence-electron chi connectivity index (χ3n) is 4.60. The molecule has 0 aromatic heterocycles. The molecule has 0 saturated carbocycles. The second kappa shape index (κ2) is 7.88. The average molecular weight is 268 g/mol. The first-order valence-corrected chi connectivity index (χ1v) is 8.05. The molecule has 0 aliphatic carbocycles. The van der Waals surface area contributed by atoms with E-state index >= 15 is 0 Å². The summed E-state index contributed by atoms with van der Waals surface area (Å²) in [6, 6.07) is 0.297. The second-order valence-corrected chi connectivity index (χ2v) is 6.40. The van der Waals surface area contributed by atoms with E-state index < -0.39 is 0 Å². The Kier molecular flexibility index (Phi) is 6.84. The van der Waals surface area contributed by atoms with Crippen molar-refractivity contribution < 1.29 is 4.79 Å². The molecule has 1 heterocycles. The fourth-order valence-corrected chi connectivity index (χ4v) is 3.18. The fourth-order valence-electron chi connectivity index (χ4n) is 3.18. The molecule has 0 aromatic rings. The maximum absolute atomic E-state index is 12.7. The number of nitrogens with one attached hydrogen (secondary N) is 2. The SMILES string of the molecule is CCCC1(C(=O)NC(C)CC(C)CC)CCNCC1. The van der Waals surface area contributed by atoms with Crippen molar-refractivity contribution in [1.29, 1.82) is 0 Å². The van der Waals surface area contributed by atoms with E-state index in [2.05, 4.69) is 38.3 Å². The summed E-state index contributed by atoms with van der Waals surface area (Å²) in [7, 11) is 0. The summed E-state index contributed by atoms with van der Waals surface area (Å²) < 4.78 is 0. The van der Waals surface area contributed by atoms with Crippen LogP contribution >= 0.6 is 0 Å². The van der Waals surface area contributed by atoms with Gasteiger partial charge in [-0.25, -0.2) is 0 Å². The predicted octanol–water partition coefficient (Wildman–Crippen LogP) is 3.10. The molecule has 2 N–H and O–H groups in total. The largest absolute Gasteiger partial charge is 0.353 e. The van der Waals surface area contributed by atoms with E-state index in [0.717, 1.165) is 45.2 Å². The zero-order valence-corrected chi connectivity index (χ0v) is 13.2. The molecular weight excluding hydrogens is 236 g/mol. The van der Waals surface area contributed by atoms with Crippen molar-refractivity contribution >= 4 is 5.91 Å². The molecule has 1 amide bonds. The van der Waals surface area contributed by atoms with Gasteiger partial charge in [0, 0.05) is 6.04 Å². The maximum Gasteiger partial charge on any atom is 0.226 e. The van der Waals surface area contributed by atoms with Crippen molar-refractivity contribution in [2.24, 2.45) is 11.3 Å². The van der Waals surface area contributed by atoms with E-state index in [-0.39, 0.29) is 5.41 Å². The molecule has 0 radical (unpaired) electrons. The highest BCUT2D eigenvalue weighted by Gasteiger charge is 2.38. The lowest BCUT2D eigenvalue weighted by molar-refractivity contribution is -0.133. The van der Waals surface area contributed by atoms with Gasteiger partial charge in [0.2, 0.25) is 5.91 Å². The van der Waals surface area contributed by atoms with Gasteiger partial charge in [0.1, 0.15) is 0 Å². The average Bonchev–Trinajstić information content (AvgIpc) is 2.39. The monoisotopic (exact) mass is 268 g/mol. The number of hydrogen-bond acceptors (Lipinski definition) is 2. The van der Waals surface area contributed by atoms with Gasteiger partial charge >= 0.3 is 0 Å². The van der Waals surface area contributed by atoms with Crippen molar-refractivity contribution in [2.75, 3.05) is 13.1 Å². The Bertz CT molecular complexity index is 266. The Labute approximate surface area is 118 Å². The third-order valence-corrected chi connectivity index (χ3v) is 4.60. The Morgan fingerprint density at radius 1 is 1.26 bits per heavy atom. The third kappa shape index (κ3) is 4.79. The zero-order valence-electron chi connectivity index (χ0n) is 13.2. The molecule has 3 heteroatoms. The van der Waals surface area contributed by atoms with Crippen molar-refractivity contribution in [2.45, 2.75) is 72.3 Å². The molecule has 2 atom stereocenters. The number of rotatable bonds is 7. The number of piperidine rings is 1. The van der Waals surface area contributed by atoms with Crippen molar-refractivity contribution in [3.63, 3.8) is 0 Å². The van der Waals surface area contributed by atoms with Gasteiger partial charge in [-0.1, -0.05) is 33.6 Å². The normalized spacial score (nSPS) is 21.7. The molecule has 0 aromatic carbocycles. The molecule has 0 spiro atoms. The smallest absolute Gasteiger partial charge is 0.226 e. The van der Waals surface area contributed by atoms with Crippen LogP contribution in [-0.2, 0) is 4.79 Å². The lowest BCUT2D eigenvalue weighted by atomic mass is 9.74. The summed E-state index contributed by atoms with van der Waals surface area (Å²) in [5, 5.41) is 6.64. The molecule has 1 aliphatic heterocycles. The van der Waals surface area contributed by atoms with Crippen molar-refractivity contribution in [1.82, 2.24) is 10.6 Å². The maximum atomic E-state index is 12.7. The van der Waals surface area contributed by atoms with Crippen molar-refractivity contribution in [3.8, 4) is 0 Å². The highest BCUT2D eigenvalue weighted by molar-refractivity contribution is 5.83. The summed E-state index contributed by atoms with van der Waals surface area (Å²) in [5.41, 5.74) is -0.107. The van der Waals surface area contributed by atoms with Gasteiger partial charge < -0.3 is 10.6 Å². The van der Waals surface area contributed by atoms with Gasteiger partial charge in [-0.3, -0.25) is 4.79 Å². The van der Waals surface area contributed by atoms with Crippen LogP contribution in [0.25, 0.3) is 0 Å². The Morgan fingerprint density at radius 2 is 1.89 bits per heavy atom. The van der Waals surface area contributed by atoms with Gasteiger partial charge in [0.25, 0.3) is 0 Å². The summed E-state index contributed by atoms with van der Waals surface area (Å²) in [6.07, 6.45) is 6.36. The van der Waals surface area contributed by atoms with Crippen LogP contribution in [0.2, 0.25) is 0 Å². The van der Waals surface area contributed by atoms with Gasteiger partial charge in [-0.15, -0.1) is 0 Å². The molecule has 112 valence electrons. The van der Waals surface area contributed by atoms with Gasteiger partial charge in [-0.05, 0) is 51.6 Å². The van der Waals surface area contributed by atoms with Crippen LogP contribution in [0.3, 0.4) is 0 Å². The minimum absolute atomic E-state index is 0.107. The molecular formula is C16H32N2O. The van der Waals surface area contributed by atoms with Crippen molar-refractivity contribution in [3.05, 3.63) is 0 Å². The first-order chi connectivity index (χ1) is 9.04. The summed E-state index contributed by atoms with van der Waals surface area (Å²) in [6.45, 7) is 10.8. The van der Waals surface area contributed by atoms with Crippen LogP contribution in [0, 0.1) is 11.3 Å². The minimum Gasteiger partial charge on any atom is -0.353 e. The van der Waals surface area contributed by atoms with Crippen LogP contribution in [-0.4, -0.2) is 25.0 Å². The lowest BCUT2D eigenvalue weighted by Gasteiger charge is -2.37. The quantitative estimate of drug-likeness (QED) is 0.745. The topological polar surface area (TPSA) is 41.1 Å². The van der Waals surface area contributed by atoms with E-state index in [9.17, 15) is 4.79 Å². The Hall–Kier alpha value is -0.570. The highest BCUT2D eigenvalue weighted by atomic mass is 16.2. The van der Waals surface area contributed by atoms with Crippen LogP contribution in [0.5, 0.6) is 0 Å². The fraction of sp³-hybridized carbons (Fsp3) is 0.938. The molecule has 1 aliphatic rings. The van der Waals surface area contributed by atoms with Crippen LogP contribution in [0.15, 0.2) is 0 Å². The highest BCUT2D eigenvalue weighted by Crippen LogP contribution is 2.34. The van der Waals surface area contributed by atoms with E-state index in [1.165, 1.54) is 6.42 Å². The van der Waals surface area contributed by atoms with Gasteiger partial charge in [0.05, 0.1) is 5.41 Å². The molecule has 3 nitrogen and oxygen atoms in total. The van der Waals surface area contributed by atoms with Crippen LogP contribution in [0.1, 0.15) is 66.2 Å². The molecule has 1 rings (SSSR count). The zero-order chi connectivity index (χ0) is 14.3. The number of carbonyl (C=O) groups is 1. The predicted molar refractivity (Wildman–Crippen MR) is 81.1 cm³/mol. The van der Waals surface area contributed by atoms with E-state index in [1.807, 2.05) is 0 Å². The Morgan fingerprint density at radius 3 is 2.42 bits per heavy atom. The van der Waals surface area contributed by atoms with Crippen LogP contribution in [0.4, 0.5) is 0 Å². The summed E-state index contributed by atoms with van der Waals surface area (Å²) in [4.78, 5) is 12.7. The van der Waals surface area contributed by atoms with Gasteiger partial charge in [0.15, 0.2) is 0 Å². The van der Waals surface area contributed by atoms with Crippen LogP contribution < -0.4 is 10.6 Å². The number of hydrogen-bond donors (Lipinski definition) is 2. The van der Waals surface area contributed by atoms with E-state index in [0.29, 0.717) is 17.9 Å². The van der Waals surface area contributed by atoms with E-state index in [4.69, 9.17) is 0 Å². The summed E-state index contributed by atoms with van der Waals surface area (Å²) >= 11 is 0. The second-order valence-electron chi connectivity index (χ2n) is 6.40. The number of amides is 1. The summed E-state index contributed by atoms with van der Waals surface area (Å²) in [5.74, 6) is 0.983. The number of carbonyl (C=O) groups excluding carboxylic acids is 1.